The lowest BCUT2D eigenvalue weighted by molar-refractivity contribution is -0.136. The molecule has 0 saturated heterocycles. The molecule has 6 heteroatoms. The molecule has 0 spiro atoms. The van der Waals surface area contributed by atoms with Crippen LogP contribution in [0.4, 0.5) is 11.4 Å². The molecule has 1 heterocycles. The van der Waals surface area contributed by atoms with Crippen LogP contribution >= 0.6 is 23.2 Å². The first-order valence-electron chi connectivity index (χ1n) is 12.0. The zero-order valence-electron chi connectivity index (χ0n) is 20.3. The van der Waals surface area contributed by atoms with Crippen molar-refractivity contribution in [2.75, 3.05) is 17.3 Å². The summed E-state index contributed by atoms with van der Waals surface area (Å²) in [5.41, 5.74) is 5.29. The Balaban J connectivity index is 1.75. The van der Waals surface area contributed by atoms with E-state index in [4.69, 9.17) is 27.9 Å². The predicted octanol–water partition coefficient (Wildman–Crippen LogP) is 8.23. The molecule has 0 saturated carbocycles. The molecular formula is C31H26Cl2N2O2. The number of carbonyl (C=O) groups is 1. The van der Waals surface area contributed by atoms with E-state index in [2.05, 4.69) is 22.3 Å². The predicted molar refractivity (Wildman–Crippen MR) is 151 cm³/mol. The maximum atomic E-state index is 13.5. The largest absolute Gasteiger partial charge is 0.466 e. The monoisotopic (exact) mass is 528 g/mol. The van der Waals surface area contributed by atoms with E-state index in [0.717, 1.165) is 28.2 Å². The molecule has 0 fully saturated rings. The van der Waals surface area contributed by atoms with E-state index in [-0.39, 0.29) is 12.0 Å². The summed E-state index contributed by atoms with van der Waals surface area (Å²) in [6.07, 6.45) is 0.559. The molecule has 4 aromatic rings. The van der Waals surface area contributed by atoms with Crippen molar-refractivity contribution in [1.29, 1.82) is 0 Å². The van der Waals surface area contributed by atoms with Crippen LogP contribution in [0.5, 0.6) is 0 Å². The third-order valence-corrected chi connectivity index (χ3v) is 7.08. The Bertz CT molecular complexity index is 1390. The number of benzene rings is 4. The van der Waals surface area contributed by atoms with Crippen molar-refractivity contribution in [3.63, 3.8) is 0 Å². The summed E-state index contributed by atoms with van der Waals surface area (Å²) in [5.74, 6) is -0.379. The molecule has 2 atom stereocenters. The van der Waals surface area contributed by atoms with Crippen LogP contribution in [0.1, 0.15) is 29.6 Å². The lowest BCUT2D eigenvalue weighted by Crippen LogP contribution is -2.41. The minimum absolute atomic E-state index is 0.0733. The van der Waals surface area contributed by atoms with Crippen molar-refractivity contribution >= 4 is 40.5 Å². The van der Waals surface area contributed by atoms with Crippen molar-refractivity contribution in [2.45, 2.75) is 18.5 Å². The maximum absolute atomic E-state index is 13.5. The lowest BCUT2D eigenvalue weighted by atomic mass is 9.84. The third-order valence-electron chi connectivity index (χ3n) is 6.58. The van der Waals surface area contributed by atoms with Gasteiger partial charge < -0.3 is 15.0 Å². The second kappa shape index (κ2) is 11.1. The number of methoxy groups -OCH3 is 1. The molecule has 0 aromatic heterocycles. The molecule has 0 amide bonds. The molecular weight excluding hydrogens is 503 g/mol. The number of nitrogens with zero attached hydrogens (tertiary/aromatic N) is 1. The maximum Gasteiger partial charge on any atom is 0.337 e. The number of ether oxygens (including phenoxy) is 1. The topological polar surface area (TPSA) is 41.6 Å². The van der Waals surface area contributed by atoms with Crippen molar-refractivity contribution < 1.29 is 9.53 Å². The Hall–Kier alpha value is -3.73. The van der Waals surface area contributed by atoms with Crippen molar-refractivity contribution in [3.8, 4) is 0 Å². The van der Waals surface area contributed by atoms with Gasteiger partial charge in [-0.3, -0.25) is 0 Å². The second-order valence-electron chi connectivity index (χ2n) is 8.84. The van der Waals surface area contributed by atoms with E-state index in [9.17, 15) is 4.79 Å². The van der Waals surface area contributed by atoms with Crippen LogP contribution in [0.15, 0.2) is 120 Å². The van der Waals surface area contributed by atoms with Crippen molar-refractivity contribution in [3.05, 3.63) is 142 Å². The summed E-state index contributed by atoms with van der Waals surface area (Å²) >= 11 is 12.4. The molecule has 1 aliphatic rings. The zero-order valence-corrected chi connectivity index (χ0v) is 21.8. The summed E-state index contributed by atoms with van der Waals surface area (Å²) in [6, 6.07) is 35.1. The van der Waals surface area contributed by atoms with Gasteiger partial charge in [-0.25, -0.2) is 4.79 Å². The summed E-state index contributed by atoms with van der Waals surface area (Å²) in [5, 5.41) is 4.83. The highest BCUT2D eigenvalue weighted by atomic mass is 35.5. The van der Waals surface area contributed by atoms with Gasteiger partial charge in [0.2, 0.25) is 0 Å². The van der Waals surface area contributed by atoms with Gasteiger partial charge in [0.05, 0.1) is 24.8 Å². The van der Waals surface area contributed by atoms with Crippen LogP contribution in [0, 0.1) is 0 Å². The molecule has 5 rings (SSSR count). The van der Waals surface area contributed by atoms with E-state index in [1.54, 1.807) is 0 Å². The quantitative estimate of drug-likeness (QED) is 0.256. The zero-order chi connectivity index (χ0) is 25.8. The highest BCUT2D eigenvalue weighted by molar-refractivity contribution is 6.30. The van der Waals surface area contributed by atoms with Gasteiger partial charge in [-0.2, -0.15) is 0 Å². The fraction of sp³-hybridized carbons (Fsp3) is 0.129. The third kappa shape index (κ3) is 5.36. The molecule has 0 radical (unpaired) electrons. The lowest BCUT2D eigenvalue weighted by Gasteiger charge is -2.45. The first-order valence-corrected chi connectivity index (χ1v) is 12.8. The van der Waals surface area contributed by atoms with E-state index >= 15 is 0 Å². The van der Waals surface area contributed by atoms with E-state index < -0.39 is 6.04 Å². The average Bonchev–Trinajstić information content (AvgIpc) is 2.94. The van der Waals surface area contributed by atoms with Gasteiger partial charge >= 0.3 is 5.97 Å². The molecule has 4 aromatic carbocycles. The number of esters is 1. The molecule has 0 unspecified atom stereocenters. The first kappa shape index (κ1) is 24.9. The van der Waals surface area contributed by atoms with Gasteiger partial charge in [0.15, 0.2) is 0 Å². The minimum Gasteiger partial charge on any atom is -0.466 e. The van der Waals surface area contributed by atoms with Crippen molar-refractivity contribution in [1.82, 2.24) is 0 Å². The van der Waals surface area contributed by atoms with Gasteiger partial charge in [-0.15, -0.1) is 0 Å². The van der Waals surface area contributed by atoms with E-state index in [1.807, 2.05) is 97.1 Å². The number of carbonyl (C=O) groups excluding carboxylic acids is 1. The smallest absolute Gasteiger partial charge is 0.337 e. The van der Waals surface area contributed by atoms with Crippen LogP contribution in [-0.4, -0.2) is 13.1 Å². The fourth-order valence-electron chi connectivity index (χ4n) is 4.91. The molecule has 4 nitrogen and oxygen atoms in total. The van der Waals surface area contributed by atoms with Gasteiger partial charge in [0.25, 0.3) is 0 Å². The van der Waals surface area contributed by atoms with E-state index in [1.165, 1.54) is 7.11 Å². The normalized spacial score (nSPS) is 17.4. The highest BCUT2D eigenvalue weighted by Crippen LogP contribution is 2.48. The molecule has 1 aliphatic heterocycles. The van der Waals surface area contributed by atoms with Crippen LogP contribution in [-0.2, 0) is 9.53 Å². The van der Waals surface area contributed by atoms with Crippen LogP contribution < -0.4 is 10.2 Å². The Labute approximate surface area is 227 Å². The summed E-state index contributed by atoms with van der Waals surface area (Å²) in [4.78, 5) is 15.8. The summed E-state index contributed by atoms with van der Waals surface area (Å²) in [7, 11) is 1.42. The Kier molecular flexibility index (Phi) is 7.50. The number of hydrogen-bond acceptors (Lipinski definition) is 4. The standard InChI is InChI=1S/C31H26Cl2N2O2/c1-37-31(36)29-27(34-25-16-12-23(32)13-17-25)20-28(21-8-4-2-5-9-21)35(26-18-14-24(33)15-19-26)30(29)22-10-6-3-7-11-22/h2-19,28,30,34H,20H2,1H3/t28-,30+/m0/s1. The SMILES string of the molecule is COC(=O)C1=C(Nc2ccc(Cl)cc2)C[C@@H](c2ccccc2)N(c2ccc(Cl)cc2)[C@@H]1c1ccccc1. The van der Waals surface area contributed by atoms with Crippen LogP contribution in [0.2, 0.25) is 10.0 Å². The summed E-state index contributed by atoms with van der Waals surface area (Å²) < 4.78 is 5.37. The Morgan fingerprint density at radius 3 is 1.89 bits per heavy atom. The number of anilines is 2. The molecule has 0 bridgehead atoms. The van der Waals surface area contributed by atoms with Gasteiger partial charge in [-0.05, 0) is 59.7 Å². The van der Waals surface area contributed by atoms with Gasteiger partial charge in [-0.1, -0.05) is 83.9 Å². The number of hydrogen-bond donors (Lipinski definition) is 1. The number of nitrogens with one attached hydrogen (secondary N) is 1. The highest BCUT2D eigenvalue weighted by Gasteiger charge is 2.41. The Morgan fingerprint density at radius 2 is 1.32 bits per heavy atom. The Morgan fingerprint density at radius 1 is 0.784 bits per heavy atom. The fourth-order valence-corrected chi connectivity index (χ4v) is 5.17. The van der Waals surface area contributed by atoms with Crippen molar-refractivity contribution in [2.24, 2.45) is 0 Å². The first-order chi connectivity index (χ1) is 18.0. The van der Waals surface area contributed by atoms with Crippen LogP contribution in [0.25, 0.3) is 0 Å². The number of halogens is 2. The molecule has 37 heavy (non-hydrogen) atoms. The molecule has 0 aliphatic carbocycles. The minimum atomic E-state index is -0.413. The molecule has 186 valence electrons. The van der Waals surface area contributed by atoms with Gasteiger partial charge in [0, 0.05) is 33.5 Å². The van der Waals surface area contributed by atoms with Crippen LogP contribution in [0.3, 0.4) is 0 Å². The van der Waals surface area contributed by atoms with Gasteiger partial charge in [0.1, 0.15) is 0 Å². The molecule has 1 N–H and O–H groups in total. The second-order valence-corrected chi connectivity index (χ2v) is 9.72. The van der Waals surface area contributed by atoms with E-state index in [0.29, 0.717) is 22.0 Å². The number of rotatable bonds is 6. The average molecular weight is 529 g/mol. The summed E-state index contributed by atoms with van der Waals surface area (Å²) in [6.45, 7) is 0.